The van der Waals surface area contributed by atoms with Crippen LogP contribution in [-0.4, -0.2) is 36.0 Å². The maximum atomic E-state index is 13.0. The summed E-state index contributed by atoms with van der Waals surface area (Å²) in [6, 6.07) is 10.8. The Labute approximate surface area is 170 Å². The van der Waals surface area contributed by atoms with Crippen molar-refractivity contribution in [1.29, 1.82) is 0 Å². The zero-order chi connectivity index (χ0) is 19.8. The summed E-state index contributed by atoms with van der Waals surface area (Å²) in [7, 11) is 0. The fourth-order valence-corrected chi connectivity index (χ4v) is 4.37. The Hall–Kier alpha value is -2.53. The van der Waals surface area contributed by atoms with Crippen molar-refractivity contribution in [1.82, 2.24) is 4.90 Å². The summed E-state index contributed by atoms with van der Waals surface area (Å²) in [5.41, 5.74) is 3.59. The van der Waals surface area contributed by atoms with Crippen molar-refractivity contribution in [2.45, 2.75) is 39.3 Å². The fraction of sp³-hybridized carbons (Fsp3) is 0.364. The molecule has 2 aromatic carbocycles. The first-order chi connectivity index (χ1) is 13.5. The topological polar surface area (TPSA) is 52.7 Å². The van der Waals surface area contributed by atoms with Crippen LogP contribution < -0.4 is 10.2 Å². The predicted octanol–water partition coefficient (Wildman–Crippen LogP) is 4.69. The third-order valence-electron chi connectivity index (χ3n) is 5.75. The molecule has 28 heavy (non-hydrogen) atoms. The highest BCUT2D eigenvalue weighted by molar-refractivity contribution is 6.31. The normalized spacial score (nSPS) is 18.5. The minimum atomic E-state index is -0.206. The van der Waals surface area contributed by atoms with E-state index < -0.39 is 0 Å². The van der Waals surface area contributed by atoms with Gasteiger partial charge in [0.1, 0.15) is 6.17 Å². The second-order valence-electron chi connectivity index (χ2n) is 7.36. The molecule has 0 spiro atoms. The van der Waals surface area contributed by atoms with Gasteiger partial charge in [-0.25, -0.2) is 0 Å². The van der Waals surface area contributed by atoms with Crippen LogP contribution in [0.1, 0.15) is 52.5 Å². The summed E-state index contributed by atoms with van der Waals surface area (Å²) >= 11 is 6.16. The van der Waals surface area contributed by atoms with E-state index in [0.717, 1.165) is 43.6 Å². The lowest BCUT2D eigenvalue weighted by Gasteiger charge is -2.47. The van der Waals surface area contributed by atoms with Crippen LogP contribution in [0, 0.1) is 6.92 Å². The number of benzene rings is 2. The number of rotatable bonds is 3. The van der Waals surface area contributed by atoms with Crippen LogP contribution in [-0.2, 0) is 0 Å². The Balaban J connectivity index is 1.67. The number of nitrogens with one attached hydrogen (secondary N) is 1. The van der Waals surface area contributed by atoms with Crippen molar-refractivity contribution < 1.29 is 9.59 Å². The monoisotopic (exact) mass is 397 g/mol. The predicted molar refractivity (Wildman–Crippen MR) is 112 cm³/mol. The van der Waals surface area contributed by atoms with E-state index >= 15 is 0 Å². The third-order valence-corrected chi connectivity index (χ3v) is 6.16. The molecule has 0 bridgehead atoms. The minimum absolute atomic E-state index is 0.0713. The smallest absolute Gasteiger partial charge is 0.257 e. The van der Waals surface area contributed by atoms with Gasteiger partial charge in [0.25, 0.3) is 11.8 Å². The summed E-state index contributed by atoms with van der Waals surface area (Å²) in [4.78, 5) is 30.0. The molecule has 1 fully saturated rings. The summed E-state index contributed by atoms with van der Waals surface area (Å²) in [6.45, 7) is 5.56. The molecule has 1 saturated heterocycles. The molecule has 1 atom stereocenters. The highest BCUT2D eigenvalue weighted by Crippen LogP contribution is 2.36. The van der Waals surface area contributed by atoms with Crippen LogP contribution in [0.25, 0.3) is 0 Å². The van der Waals surface area contributed by atoms with Gasteiger partial charge in [-0.05, 0) is 69.0 Å². The van der Waals surface area contributed by atoms with Gasteiger partial charge < -0.3 is 15.1 Å². The Morgan fingerprint density at radius 1 is 1.25 bits per heavy atom. The number of fused-ring (bicyclic) bond motifs is 2. The first kappa shape index (κ1) is 18.8. The Morgan fingerprint density at radius 2 is 2.07 bits per heavy atom. The Bertz CT molecular complexity index is 943. The lowest BCUT2D eigenvalue weighted by molar-refractivity contribution is 0.0582. The van der Waals surface area contributed by atoms with Crippen LogP contribution in [0.2, 0.25) is 5.02 Å². The summed E-state index contributed by atoms with van der Waals surface area (Å²) in [6.07, 6.45) is 3.23. The van der Waals surface area contributed by atoms with Crippen LogP contribution in [0.4, 0.5) is 11.4 Å². The van der Waals surface area contributed by atoms with Crippen molar-refractivity contribution in [2.24, 2.45) is 0 Å². The number of amides is 2. The zero-order valence-corrected chi connectivity index (χ0v) is 16.9. The van der Waals surface area contributed by atoms with Crippen molar-refractivity contribution in [2.75, 3.05) is 23.3 Å². The van der Waals surface area contributed by atoms with Crippen molar-refractivity contribution in [3.05, 3.63) is 58.1 Å². The Kier molecular flexibility index (Phi) is 5.02. The molecule has 0 aliphatic carbocycles. The van der Waals surface area contributed by atoms with E-state index in [1.165, 1.54) is 0 Å². The molecule has 2 aliphatic rings. The molecule has 5 nitrogen and oxygen atoms in total. The van der Waals surface area contributed by atoms with E-state index in [4.69, 9.17) is 11.6 Å². The number of hydrogen-bond donors (Lipinski definition) is 1. The zero-order valence-electron chi connectivity index (χ0n) is 16.2. The molecule has 0 aromatic heterocycles. The molecule has 6 heteroatoms. The molecule has 0 saturated carbocycles. The third kappa shape index (κ3) is 3.14. The van der Waals surface area contributed by atoms with Gasteiger partial charge in [0.15, 0.2) is 0 Å². The number of nitrogens with zero attached hydrogens (tertiary/aromatic N) is 2. The van der Waals surface area contributed by atoms with Gasteiger partial charge in [-0.3, -0.25) is 9.59 Å². The van der Waals surface area contributed by atoms with Crippen LogP contribution in [0.5, 0.6) is 0 Å². The maximum absolute atomic E-state index is 13.0. The summed E-state index contributed by atoms with van der Waals surface area (Å²) in [5.74, 6) is -0.134. The highest BCUT2D eigenvalue weighted by Gasteiger charge is 2.38. The van der Waals surface area contributed by atoms with Gasteiger partial charge in [-0.2, -0.15) is 0 Å². The molecule has 2 heterocycles. The van der Waals surface area contributed by atoms with Crippen LogP contribution in [0.3, 0.4) is 0 Å². The number of hydrogen-bond acceptors (Lipinski definition) is 3. The second-order valence-corrected chi connectivity index (χ2v) is 7.77. The molecular weight excluding hydrogens is 374 g/mol. The SMILES string of the molecule is CCN1c2cc(C(=O)Nc3cccc(Cl)c3C)ccc2C(=O)N2CCCC[C@@H]21. The van der Waals surface area contributed by atoms with Crippen LogP contribution in [0.15, 0.2) is 36.4 Å². The standard InChI is InChI=1S/C22H24ClN3O2/c1-3-25-19-13-15(21(27)24-18-8-6-7-17(23)14(18)2)10-11-16(19)22(28)26-12-5-4-9-20(25)26/h6-8,10-11,13,20H,3-5,9,12H2,1-2H3,(H,24,27)/t20-/m1/s1. The van der Waals surface area contributed by atoms with E-state index in [-0.39, 0.29) is 18.0 Å². The second kappa shape index (κ2) is 7.47. The maximum Gasteiger partial charge on any atom is 0.257 e. The molecule has 0 unspecified atom stereocenters. The number of halogens is 1. The Morgan fingerprint density at radius 3 is 2.86 bits per heavy atom. The first-order valence-corrected chi connectivity index (χ1v) is 10.2. The quantitative estimate of drug-likeness (QED) is 0.817. The van der Waals surface area contributed by atoms with E-state index in [0.29, 0.717) is 21.8 Å². The van der Waals surface area contributed by atoms with E-state index in [9.17, 15) is 9.59 Å². The number of piperidine rings is 1. The number of carbonyl (C=O) groups is 2. The largest absolute Gasteiger partial charge is 0.351 e. The molecule has 0 radical (unpaired) electrons. The fourth-order valence-electron chi connectivity index (χ4n) is 4.20. The van der Waals surface area contributed by atoms with E-state index in [1.54, 1.807) is 18.2 Å². The van der Waals surface area contributed by atoms with Gasteiger partial charge in [0, 0.05) is 29.4 Å². The van der Waals surface area contributed by atoms with E-state index in [2.05, 4.69) is 17.1 Å². The van der Waals surface area contributed by atoms with Gasteiger partial charge in [-0.15, -0.1) is 0 Å². The first-order valence-electron chi connectivity index (χ1n) is 9.79. The number of anilines is 2. The summed E-state index contributed by atoms with van der Waals surface area (Å²) < 4.78 is 0. The minimum Gasteiger partial charge on any atom is -0.351 e. The van der Waals surface area contributed by atoms with Crippen molar-refractivity contribution >= 4 is 34.8 Å². The average Bonchev–Trinajstić information content (AvgIpc) is 2.71. The molecule has 2 amide bonds. The molecule has 2 aliphatic heterocycles. The highest BCUT2D eigenvalue weighted by atomic mass is 35.5. The lowest BCUT2D eigenvalue weighted by Crippen LogP contribution is -2.57. The molecule has 4 rings (SSSR count). The van der Waals surface area contributed by atoms with E-state index in [1.807, 2.05) is 30.0 Å². The van der Waals surface area contributed by atoms with Gasteiger partial charge in [0.05, 0.1) is 11.3 Å². The van der Waals surface area contributed by atoms with Crippen molar-refractivity contribution in [3.8, 4) is 0 Å². The van der Waals surface area contributed by atoms with Crippen LogP contribution >= 0.6 is 11.6 Å². The lowest BCUT2D eigenvalue weighted by atomic mass is 9.97. The molecule has 1 N–H and O–H groups in total. The molecular formula is C22H24ClN3O2. The van der Waals surface area contributed by atoms with Gasteiger partial charge >= 0.3 is 0 Å². The van der Waals surface area contributed by atoms with Gasteiger partial charge in [0.2, 0.25) is 0 Å². The number of carbonyl (C=O) groups excluding carboxylic acids is 2. The molecule has 146 valence electrons. The average molecular weight is 398 g/mol. The van der Waals surface area contributed by atoms with Gasteiger partial charge in [-0.1, -0.05) is 17.7 Å². The van der Waals surface area contributed by atoms with Crippen molar-refractivity contribution in [3.63, 3.8) is 0 Å². The molecule has 2 aromatic rings. The summed E-state index contributed by atoms with van der Waals surface area (Å²) in [5, 5.41) is 3.55.